The average Bonchev–Trinajstić information content (AvgIpc) is 2.21. The lowest BCUT2D eigenvalue weighted by Crippen LogP contribution is -2.00. The number of aromatic hydroxyl groups is 1. The number of phenols is 1. The van der Waals surface area contributed by atoms with Gasteiger partial charge in [0.2, 0.25) is 0 Å². The van der Waals surface area contributed by atoms with E-state index in [1.54, 1.807) is 0 Å². The number of phenolic OH excluding ortho intramolecular Hbond substituents is 1. The van der Waals surface area contributed by atoms with E-state index in [1.165, 1.54) is 18.2 Å². The third-order valence-corrected chi connectivity index (χ3v) is 1.88. The Morgan fingerprint density at radius 3 is 2.47 bits per heavy atom. The Labute approximate surface area is 97.3 Å². The van der Waals surface area contributed by atoms with Crippen molar-refractivity contribution in [2.45, 2.75) is 12.8 Å². The van der Waals surface area contributed by atoms with Crippen molar-refractivity contribution in [2.75, 3.05) is 0 Å². The van der Waals surface area contributed by atoms with E-state index in [0.717, 1.165) is 0 Å². The largest absolute Gasteiger partial charge is 0.507 e. The molecule has 5 nitrogen and oxygen atoms in total. The van der Waals surface area contributed by atoms with E-state index in [1.807, 2.05) is 0 Å². The van der Waals surface area contributed by atoms with Crippen molar-refractivity contribution in [1.29, 1.82) is 0 Å². The molecule has 0 bridgehead atoms. The SMILES string of the molecule is O=C(O)CC#Cc1cc(CC(=O)O)ccc1O. The smallest absolute Gasteiger partial charge is 0.315 e. The number of carboxylic acid groups (broad SMARTS) is 2. The van der Waals surface area contributed by atoms with E-state index < -0.39 is 11.9 Å². The number of aliphatic carboxylic acids is 2. The maximum atomic E-state index is 10.5. The van der Waals surface area contributed by atoms with Gasteiger partial charge in [0.15, 0.2) is 0 Å². The van der Waals surface area contributed by atoms with Crippen LogP contribution in [0, 0.1) is 11.8 Å². The fourth-order valence-corrected chi connectivity index (χ4v) is 1.18. The quantitative estimate of drug-likeness (QED) is 0.674. The summed E-state index contributed by atoms with van der Waals surface area (Å²) in [7, 11) is 0. The highest BCUT2D eigenvalue weighted by Gasteiger charge is 2.04. The standard InChI is InChI=1S/C12H10O5/c13-10-5-4-8(7-12(16)17)6-9(10)2-1-3-11(14)15/h4-6,13H,3,7H2,(H,14,15)(H,16,17). The van der Waals surface area contributed by atoms with Gasteiger partial charge in [-0.15, -0.1) is 0 Å². The Morgan fingerprint density at radius 2 is 1.88 bits per heavy atom. The molecule has 0 heterocycles. The molecule has 0 aromatic heterocycles. The lowest BCUT2D eigenvalue weighted by atomic mass is 10.1. The van der Waals surface area contributed by atoms with Gasteiger partial charge >= 0.3 is 11.9 Å². The van der Waals surface area contributed by atoms with Gasteiger partial charge in [0.1, 0.15) is 12.2 Å². The summed E-state index contributed by atoms with van der Waals surface area (Å²) >= 11 is 0. The highest BCUT2D eigenvalue weighted by atomic mass is 16.4. The average molecular weight is 234 g/mol. The summed E-state index contributed by atoms with van der Waals surface area (Å²) in [6.07, 6.45) is -0.503. The van der Waals surface area contributed by atoms with Crippen molar-refractivity contribution in [3.63, 3.8) is 0 Å². The lowest BCUT2D eigenvalue weighted by Gasteiger charge is -2.00. The number of carboxylic acids is 2. The summed E-state index contributed by atoms with van der Waals surface area (Å²) in [6.45, 7) is 0. The second kappa shape index (κ2) is 5.56. The maximum absolute atomic E-state index is 10.5. The van der Waals surface area contributed by atoms with E-state index in [9.17, 15) is 14.7 Å². The number of carbonyl (C=O) groups is 2. The molecule has 0 atom stereocenters. The number of hydrogen-bond donors (Lipinski definition) is 3. The van der Waals surface area contributed by atoms with Crippen LogP contribution in [-0.2, 0) is 16.0 Å². The fourth-order valence-electron chi connectivity index (χ4n) is 1.18. The van der Waals surface area contributed by atoms with Crippen molar-refractivity contribution >= 4 is 11.9 Å². The molecule has 0 unspecified atom stereocenters. The summed E-state index contributed by atoms with van der Waals surface area (Å²) in [5, 5.41) is 26.4. The zero-order chi connectivity index (χ0) is 12.8. The molecule has 0 amide bonds. The normalized spacial score (nSPS) is 9.18. The van der Waals surface area contributed by atoms with Crippen LogP contribution in [0.2, 0.25) is 0 Å². The van der Waals surface area contributed by atoms with Crippen molar-refractivity contribution in [3.05, 3.63) is 29.3 Å². The van der Waals surface area contributed by atoms with Crippen molar-refractivity contribution in [3.8, 4) is 17.6 Å². The first kappa shape index (κ1) is 12.6. The highest BCUT2D eigenvalue weighted by Crippen LogP contribution is 2.17. The minimum Gasteiger partial charge on any atom is -0.507 e. The molecule has 88 valence electrons. The van der Waals surface area contributed by atoms with E-state index in [2.05, 4.69) is 11.8 Å². The van der Waals surface area contributed by atoms with Crippen LogP contribution in [0.5, 0.6) is 5.75 Å². The zero-order valence-corrected chi connectivity index (χ0v) is 8.80. The Bertz CT molecular complexity index is 507. The molecule has 0 aliphatic rings. The maximum Gasteiger partial charge on any atom is 0.315 e. The first-order chi connectivity index (χ1) is 7.99. The number of benzene rings is 1. The van der Waals surface area contributed by atoms with E-state index in [-0.39, 0.29) is 24.2 Å². The van der Waals surface area contributed by atoms with Gasteiger partial charge in [-0.3, -0.25) is 9.59 Å². The van der Waals surface area contributed by atoms with Crippen LogP contribution in [-0.4, -0.2) is 27.3 Å². The van der Waals surface area contributed by atoms with Crippen molar-refractivity contribution in [1.82, 2.24) is 0 Å². The highest BCUT2D eigenvalue weighted by molar-refractivity contribution is 5.71. The lowest BCUT2D eigenvalue weighted by molar-refractivity contribution is -0.137. The predicted molar refractivity (Wildman–Crippen MR) is 58.6 cm³/mol. The molecule has 1 aromatic carbocycles. The van der Waals surface area contributed by atoms with Crippen LogP contribution >= 0.6 is 0 Å². The summed E-state index contributed by atoms with van der Waals surface area (Å²) in [4.78, 5) is 20.7. The molecular weight excluding hydrogens is 224 g/mol. The molecule has 0 aliphatic heterocycles. The first-order valence-corrected chi connectivity index (χ1v) is 4.73. The Kier molecular flexibility index (Phi) is 4.12. The molecular formula is C12H10O5. The Morgan fingerprint density at radius 1 is 1.18 bits per heavy atom. The van der Waals surface area contributed by atoms with Crippen LogP contribution in [0.15, 0.2) is 18.2 Å². The zero-order valence-electron chi connectivity index (χ0n) is 8.80. The molecule has 0 radical (unpaired) electrons. The summed E-state index contributed by atoms with van der Waals surface area (Å²) < 4.78 is 0. The molecule has 1 rings (SSSR count). The molecule has 0 saturated heterocycles. The topological polar surface area (TPSA) is 94.8 Å². The third kappa shape index (κ3) is 4.26. The molecule has 3 N–H and O–H groups in total. The summed E-state index contributed by atoms with van der Waals surface area (Å²) in [5.41, 5.74) is 0.722. The fraction of sp³-hybridized carbons (Fsp3) is 0.167. The molecule has 0 fully saturated rings. The molecule has 0 aliphatic carbocycles. The molecule has 5 heteroatoms. The van der Waals surface area contributed by atoms with Gasteiger partial charge in [-0.2, -0.15) is 0 Å². The molecule has 0 saturated carbocycles. The van der Waals surface area contributed by atoms with Crippen LogP contribution in [0.1, 0.15) is 17.5 Å². The van der Waals surface area contributed by atoms with Crippen LogP contribution in [0.25, 0.3) is 0 Å². The number of hydrogen-bond acceptors (Lipinski definition) is 3. The van der Waals surface area contributed by atoms with Crippen molar-refractivity contribution < 1.29 is 24.9 Å². The van der Waals surface area contributed by atoms with E-state index >= 15 is 0 Å². The summed E-state index contributed by atoms with van der Waals surface area (Å²) in [5.74, 6) is 2.71. The molecule has 17 heavy (non-hydrogen) atoms. The van der Waals surface area contributed by atoms with Crippen LogP contribution < -0.4 is 0 Å². The van der Waals surface area contributed by atoms with E-state index in [0.29, 0.717) is 5.56 Å². The molecule has 1 aromatic rings. The van der Waals surface area contributed by atoms with Crippen LogP contribution in [0.3, 0.4) is 0 Å². The Hall–Kier alpha value is -2.48. The second-order valence-corrected chi connectivity index (χ2v) is 3.29. The minimum absolute atomic E-state index is 0.1000. The molecule has 0 spiro atoms. The monoisotopic (exact) mass is 234 g/mol. The predicted octanol–water partition coefficient (Wildman–Crippen LogP) is 0.846. The van der Waals surface area contributed by atoms with Gasteiger partial charge in [-0.1, -0.05) is 17.9 Å². The minimum atomic E-state index is -1.06. The van der Waals surface area contributed by atoms with Crippen molar-refractivity contribution in [2.24, 2.45) is 0 Å². The van der Waals surface area contributed by atoms with Gasteiger partial charge in [0, 0.05) is 0 Å². The van der Waals surface area contributed by atoms with Gasteiger partial charge in [0.05, 0.1) is 12.0 Å². The summed E-state index contributed by atoms with van der Waals surface area (Å²) in [6, 6.07) is 4.24. The van der Waals surface area contributed by atoms with Gasteiger partial charge in [0.25, 0.3) is 0 Å². The number of rotatable bonds is 3. The second-order valence-electron chi connectivity index (χ2n) is 3.29. The van der Waals surface area contributed by atoms with Crippen LogP contribution in [0.4, 0.5) is 0 Å². The first-order valence-electron chi connectivity index (χ1n) is 4.73. The van der Waals surface area contributed by atoms with Gasteiger partial charge in [-0.25, -0.2) is 0 Å². The Balaban J connectivity index is 2.92. The van der Waals surface area contributed by atoms with Gasteiger partial charge in [-0.05, 0) is 17.7 Å². The van der Waals surface area contributed by atoms with E-state index in [4.69, 9.17) is 10.2 Å². The third-order valence-electron chi connectivity index (χ3n) is 1.88. The van der Waals surface area contributed by atoms with Gasteiger partial charge < -0.3 is 15.3 Å².